The molecule has 2 aromatic rings. The fourth-order valence-electron chi connectivity index (χ4n) is 3.77. The van der Waals surface area contributed by atoms with Crippen LogP contribution >= 0.6 is 0 Å². The Kier molecular flexibility index (Phi) is 9.76. The zero-order chi connectivity index (χ0) is 23.7. The molecule has 2 aromatic carbocycles. The number of carbonyl (C=O) groups is 2. The molecule has 0 heterocycles. The van der Waals surface area contributed by atoms with Crippen molar-refractivity contribution in [3.8, 4) is 5.75 Å². The summed E-state index contributed by atoms with van der Waals surface area (Å²) in [6.07, 6.45) is 2.47. The van der Waals surface area contributed by atoms with Crippen LogP contribution in [0.2, 0.25) is 0 Å². The van der Waals surface area contributed by atoms with Crippen molar-refractivity contribution in [3.05, 3.63) is 64.2 Å². The lowest BCUT2D eigenvalue weighted by Gasteiger charge is -2.31. The second kappa shape index (κ2) is 12.3. The van der Waals surface area contributed by atoms with E-state index in [2.05, 4.69) is 18.3 Å². The monoisotopic (exact) mass is 438 g/mol. The highest BCUT2D eigenvalue weighted by atomic mass is 16.5. The van der Waals surface area contributed by atoms with Crippen LogP contribution in [0.15, 0.2) is 36.4 Å². The van der Waals surface area contributed by atoms with Gasteiger partial charge in [-0.25, -0.2) is 0 Å². The molecule has 0 aliphatic rings. The van der Waals surface area contributed by atoms with Gasteiger partial charge in [0.15, 0.2) is 6.61 Å². The Morgan fingerprint density at radius 1 is 1.03 bits per heavy atom. The molecule has 2 amide bonds. The molecule has 2 rings (SSSR count). The molecule has 0 aliphatic heterocycles. The van der Waals surface area contributed by atoms with Crippen molar-refractivity contribution < 1.29 is 14.3 Å². The van der Waals surface area contributed by atoms with Crippen LogP contribution in [-0.4, -0.2) is 35.9 Å². The predicted octanol–water partition coefficient (Wildman–Crippen LogP) is 5.02. The van der Waals surface area contributed by atoms with Gasteiger partial charge in [0.05, 0.1) is 0 Å². The van der Waals surface area contributed by atoms with E-state index >= 15 is 0 Å². The number of hydrogen-bond donors (Lipinski definition) is 1. The molecular formula is C27H38N2O3. The molecule has 5 nitrogen and oxygen atoms in total. The average Bonchev–Trinajstić information content (AvgIpc) is 2.76. The van der Waals surface area contributed by atoms with Gasteiger partial charge in [-0.2, -0.15) is 0 Å². The van der Waals surface area contributed by atoms with Gasteiger partial charge in [0.2, 0.25) is 5.91 Å². The first-order valence-corrected chi connectivity index (χ1v) is 11.6. The zero-order valence-electron chi connectivity index (χ0n) is 20.5. The van der Waals surface area contributed by atoms with Gasteiger partial charge in [0, 0.05) is 13.1 Å². The standard InChI is InChI=1S/C27H38N2O3/c1-7-9-14-28-27(31)24(8-2)29(17-23-13-11-10-12-20(23)4)26(30)18-32-25-16-19(3)15-21(5)22(25)6/h10-13,15-16,24H,7-9,14,17-18H2,1-6H3,(H,28,31)/t24-/m1/s1. The Bertz CT molecular complexity index is 923. The summed E-state index contributed by atoms with van der Waals surface area (Å²) in [6.45, 7) is 13.0. The molecule has 0 radical (unpaired) electrons. The van der Waals surface area contributed by atoms with Crippen LogP contribution in [0.1, 0.15) is 60.9 Å². The van der Waals surface area contributed by atoms with Crippen LogP contribution in [0, 0.1) is 27.7 Å². The van der Waals surface area contributed by atoms with Crippen LogP contribution in [0.25, 0.3) is 0 Å². The quantitative estimate of drug-likeness (QED) is 0.501. The molecule has 0 bridgehead atoms. The minimum atomic E-state index is -0.539. The molecule has 174 valence electrons. The van der Waals surface area contributed by atoms with E-state index < -0.39 is 6.04 Å². The van der Waals surface area contributed by atoms with Gasteiger partial charge in [-0.3, -0.25) is 9.59 Å². The van der Waals surface area contributed by atoms with Gasteiger partial charge >= 0.3 is 0 Å². The summed E-state index contributed by atoms with van der Waals surface area (Å²) in [5, 5.41) is 2.99. The maximum absolute atomic E-state index is 13.4. The summed E-state index contributed by atoms with van der Waals surface area (Å²) in [4.78, 5) is 28.0. The van der Waals surface area contributed by atoms with Crippen molar-refractivity contribution in [2.45, 2.75) is 73.4 Å². The molecule has 0 spiro atoms. The second-order valence-corrected chi connectivity index (χ2v) is 8.51. The van der Waals surface area contributed by atoms with Gasteiger partial charge in [-0.15, -0.1) is 0 Å². The summed E-state index contributed by atoms with van der Waals surface area (Å²) in [6, 6.07) is 11.5. The van der Waals surface area contributed by atoms with Gasteiger partial charge in [0.25, 0.3) is 5.91 Å². The van der Waals surface area contributed by atoms with Crippen molar-refractivity contribution >= 4 is 11.8 Å². The van der Waals surface area contributed by atoms with Crippen molar-refractivity contribution in [2.75, 3.05) is 13.2 Å². The summed E-state index contributed by atoms with van der Waals surface area (Å²) < 4.78 is 5.96. The normalized spacial score (nSPS) is 11.7. The number of nitrogens with zero attached hydrogens (tertiary/aromatic N) is 1. The SMILES string of the molecule is CCCCNC(=O)[C@@H](CC)N(Cc1ccccc1C)C(=O)COc1cc(C)cc(C)c1C. The minimum Gasteiger partial charge on any atom is -0.483 e. The lowest BCUT2D eigenvalue weighted by molar-refractivity contribution is -0.143. The first-order valence-electron chi connectivity index (χ1n) is 11.6. The molecule has 1 N–H and O–H groups in total. The highest BCUT2D eigenvalue weighted by Gasteiger charge is 2.29. The highest BCUT2D eigenvalue weighted by molar-refractivity contribution is 5.88. The lowest BCUT2D eigenvalue weighted by atomic mass is 10.1. The van der Waals surface area contributed by atoms with E-state index in [4.69, 9.17) is 4.74 Å². The van der Waals surface area contributed by atoms with E-state index in [9.17, 15) is 9.59 Å². The summed E-state index contributed by atoms with van der Waals surface area (Å²) in [7, 11) is 0. The smallest absolute Gasteiger partial charge is 0.261 e. The fourth-order valence-corrected chi connectivity index (χ4v) is 3.77. The topological polar surface area (TPSA) is 58.6 Å². The molecule has 0 aromatic heterocycles. The molecule has 0 saturated heterocycles. The zero-order valence-corrected chi connectivity index (χ0v) is 20.5. The molecule has 0 unspecified atom stereocenters. The predicted molar refractivity (Wildman–Crippen MR) is 130 cm³/mol. The summed E-state index contributed by atoms with van der Waals surface area (Å²) in [5.74, 6) is 0.418. The molecule has 0 fully saturated rings. The van der Waals surface area contributed by atoms with E-state index in [0.29, 0.717) is 25.3 Å². The maximum atomic E-state index is 13.4. The van der Waals surface area contributed by atoms with Crippen LogP contribution in [-0.2, 0) is 16.1 Å². The number of amides is 2. The second-order valence-electron chi connectivity index (χ2n) is 8.51. The van der Waals surface area contributed by atoms with E-state index in [1.165, 1.54) is 0 Å². The van der Waals surface area contributed by atoms with Crippen molar-refractivity contribution in [1.29, 1.82) is 0 Å². The Balaban J connectivity index is 2.25. The van der Waals surface area contributed by atoms with E-state index in [1.807, 2.05) is 65.0 Å². The molecule has 32 heavy (non-hydrogen) atoms. The Labute approximate surface area is 193 Å². The van der Waals surface area contributed by atoms with E-state index in [-0.39, 0.29) is 18.4 Å². The van der Waals surface area contributed by atoms with Crippen LogP contribution < -0.4 is 10.1 Å². The Hall–Kier alpha value is -2.82. The van der Waals surface area contributed by atoms with Crippen LogP contribution in [0.3, 0.4) is 0 Å². The number of ether oxygens (including phenoxy) is 1. The van der Waals surface area contributed by atoms with Gasteiger partial charge in [0.1, 0.15) is 11.8 Å². The van der Waals surface area contributed by atoms with Crippen molar-refractivity contribution in [1.82, 2.24) is 10.2 Å². The van der Waals surface area contributed by atoms with Crippen molar-refractivity contribution in [2.24, 2.45) is 0 Å². The number of nitrogens with one attached hydrogen (secondary N) is 1. The number of carbonyl (C=O) groups excluding carboxylic acids is 2. The molecule has 0 aliphatic carbocycles. The number of benzene rings is 2. The number of aryl methyl sites for hydroxylation is 3. The minimum absolute atomic E-state index is 0.103. The number of rotatable bonds is 11. The van der Waals surface area contributed by atoms with Gasteiger partial charge in [-0.05, 0) is 74.4 Å². The van der Waals surface area contributed by atoms with Gasteiger partial charge in [-0.1, -0.05) is 50.6 Å². The third-order valence-electron chi connectivity index (χ3n) is 5.93. The molecule has 5 heteroatoms. The third kappa shape index (κ3) is 6.84. The Morgan fingerprint density at radius 3 is 2.41 bits per heavy atom. The van der Waals surface area contributed by atoms with Crippen LogP contribution in [0.4, 0.5) is 0 Å². The van der Waals surface area contributed by atoms with Crippen molar-refractivity contribution in [3.63, 3.8) is 0 Å². The maximum Gasteiger partial charge on any atom is 0.261 e. The Morgan fingerprint density at radius 2 is 1.75 bits per heavy atom. The number of hydrogen-bond acceptors (Lipinski definition) is 3. The third-order valence-corrected chi connectivity index (χ3v) is 5.93. The summed E-state index contributed by atoms with van der Waals surface area (Å²) >= 11 is 0. The molecule has 1 atom stereocenters. The summed E-state index contributed by atoms with van der Waals surface area (Å²) in [5.41, 5.74) is 5.37. The van der Waals surface area contributed by atoms with E-state index in [1.54, 1.807) is 4.90 Å². The largest absolute Gasteiger partial charge is 0.483 e. The highest BCUT2D eigenvalue weighted by Crippen LogP contribution is 2.24. The molecular weight excluding hydrogens is 400 g/mol. The fraction of sp³-hybridized carbons (Fsp3) is 0.481. The lowest BCUT2D eigenvalue weighted by Crippen LogP contribution is -2.50. The first kappa shape index (κ1) is 25.4. The first-order chi connectivity index (χ1) is 15.3. The van der Waals surface area contributed by atoms with E-state index in [0.717, 1.165) is 40.7 Å². The van der Waals surface area contributed by atoms with Crippen LogP contribution in [0.5, 0.6) is 5.75 Å². The molecule has 0 saturated carbocycles. The number of unbranched alkanes of at least 4 members (excludes halogenated alkanes) is 1. The van der Waals surface area contributed by atoms with Gasteiger partial charge < -0.3 is 15.0 Å². The average molecular weight is 439 g/mol.